The number of rotatable bonds is 5. The van der Waals surface area contributed by atoms with Crippen molar-refractivity contribution in [3.05, 3.63) is 45.7 Å². The molecule has 20 heavy (non-hydrogen) atoms. The first kappa shape index (κ1) is 14.3. The highest BCUT2D eigenvalue weighted by Gasteiger charge is 2.05. The quantitative estimate of drug-likeness (QED) is 0.877. The smallest absolute Gasteiger partial charge is 0.251 e. The zero-order valence-corrected chi connectivity index (χ0v) is 12.0. The number of nitrogens with one attached hydrogen (secondary N) is 2. The second kappa shape index (κ2) is 6.37. The molecule has 0 radical (unpaired) electrons. The highest BCUT2D eigenvalue weighted by molar-refractivity contribution is 5.82. The van der Waals surface area contributed by atoms with E-state index in [1.807, 2.05) is 38.1 Å². The molecule has 4 heteroatoms. The summed E-state index contributed by atoms with van der Waals surface area (Å²) in [5, 5.41) is 3.85. The minimum atomic E-state index is -0.0726. The van der Waals surface area contributed by atoms with Gasteiger partial charge in [0.1, 0.15) is 0 Å². The molecular formula is C16H20N2O2. The highest BCUT2D eigenvalue weighted by Crippen LogP contribution is 2.14. The van der Waals surface area contributed by atoms with Crippen LogP contribution in [0.2, 0.25) is 0 Å². The first-order valence-electron chi connectivity index (χ1n) is 7.00. The molecule has 0 aliphatic heterocycles. The molecule has 1 aromatic heterocycles. The molecule has 0 aliphatic carbocycles. The summed E-state index contributed by atoms with van der Waals surface area (Å²) in [6, 6.07) is 7.84. The third-order valence-electron chi connectivity index (χ3n) is 3.36. The van der Waals surface area contributed by atoms with Crippen molar-refractivity contribution in [1.29, 1.82) is 0 Å². The molecule has 2 rings (SSSR count). The minimum absolute atomic E-state index is 0.0422. The van der Waals surface area contributed by atoms with E-state index in [9.17, 15) is 9.59 Å². The summed E-state index contributed by atoms with van der Waals surface area (Å²) in [7, 11) is 0. The Kier molecular flexibility index (Phi) is 4.56. The number of aromatic amines is 1. The van der Waals surface area contributed by atoms with Crippen LogP contribution in [0, 0.1) is 6.92 Å². The average molecular weight is 272 g/mol. The number of H-pyrrole nitrogens is 1. The second-order valence-corrected chi connectivity index (χ2v) is 5.01. The lowest BCUT2D eigenvalue weighted by Gasteiger charge is -2.06. The van der Waals surface area contributed by atoms with E-state index in [2.05, 4.69) is 10.3 Å². The molecule has 0 aliphatic rings. The Labute approximate surface area is 118 Å². The van der Waals surface area contributed by atoms with Gasteiger partial charge >= 0.3 is 0 Å². The fourth-order valence-corrected chi connectivity index (χ4v) is 2.27. The number of aryl methyl sites for hydroxylation is 1. The Bertz CT molecular complexity index is 674. The summed E-state index contributed by atoms with van der Waals surface area (Å²) in [4.78, 5) is 26.3. The Morgan fingerprint density at radius 1 is 1.35 bits per heavy atom. The summed E-state index contributed by atoms with van der Waals surface area (Å²) >= 11 is 0. The first-order valence-corrected chi connectivity index (χ1v) is 7.00. The minimum Gasteiger partial charge on any atom is -0.356 e. The zero-order valence-electron chi connectivity index (χ0n) is 12.0. The number of carbonyl (C=O) groups is 1. The second-order valence-electron chi connectivity index (χ2n) is 5.01. The number of aromatic nitrogens is 1. The number of benzene rings is 1. The molecule has 0 unspecified atom stereocenters. The van der Waals surface area contributed by atoms with Crippen molar-refractivity contribution in [1.82, 2.24) is 10.3 Å². The van der Waals surface area contributed by atoms with Gasteiger partial charge in [-0.15, -0.1) is 0 Å². The van der Waals surface area contributed by atoms with Gasteiger partial charge in [-0.3, -0.25) is 9.59 Å². The van der Waals surface area contributed by atoms with Crippen LogP contribution in [0.3, 0.4) is 0 Å². The Hall–Kier alpha value is -2.10. The normalized spacial score (nSPS) is 10.7. The fourth-order valence-electron chi connectivity index (χ4n) is 2.27. The molecule has 0 saturated carbocycles. The Morgan fingerprint density at radius 3 is 2.90 bits per heavy atom. The number of amides is 1. The highest BCUT2D eigenvalue weighted by atomic mass is 16.1. The van der Waals surface area contributed by atoms with Gasteiger partial charge in [-0.05, 0) is 36.8 Å². The maximum absolute atomic E-state index is 12.0. The molecule has 2 N–H and O–H groups in total. The molecule has 0 spiro atoms. The van der Waals surface area contributed by atoms with Crippen LogP contribution >= 0.6 is 0 Å². The van der Waals surface area contributed by atoms with Gasteiger partial charge in [0.15, 0.2) is 0 Å². The van der Waals surface area contributed by atoms with Crippen LogP contribution in [-0.4, -0.2) is 17.4 Å². The van der Waals surface area contributed by atoms with Crippen molar-refractivity contribution in [3.8, 4) is 0 Å². The van der Waals surface area contributed by atoms with Gasteiger partial charge in [0.05, 0.1) is 5.52 Å². The number of carbonyl (C=O) groups excluding carboxylic acids is 1. The molecule has 106 valence electrons. The van der Waals surface area contributed by atoms with Crippen LogP contribution in [-0.2, 0) is 11.2 Å². The van der Waals surface area contributed by atoms with E-state index in [4.69, 9.17) is 0 Å². The summed E-state index contributed by atoms with van der Waals surface area (Å²) in [5.74, 6) is 0.0422. The van der Waals surface area contributed by atoms with Crippen LogP contribution in [0.5, 0.6) is 0 Å². The molecule has 2 aromatic rings. The monoisotopic (exact) mass is 272 g/mol. The van der Waals surface area contributed by atoms with Crippen molar-refractivity contribution in [2.24, 2.45) is 0 Å². The predicted octanol–water partition coefficient (Wildman–Crippen LogP) is 2.30. The molecule has 1 heterocycles. The number of hydrogen-bond acceptors (Lipinski definition) is 2. The first-order chi connectivity index (χ1) is 9.61. The maximum Gasteiger partial charge on any atom is 0.251 e. The summed E-state index contributed by atoms with van der Waals surface area (Å²) in [6.07, 6.45) is 1.92. The number of hydrogen-bond donors (Lipinski definition) is 2. The van der Waals surface area contributed by atoms with Crippen molar-refractivity contribution in [2.45, 2.75) is 33.1 Å². The summed E-state index contributed by atoms with van der Waals surface area (Å²) in [6.45, 7) is 4.44. The van der Waals surface area contributed by atoms with Crippen LogP contribution in [0.25, 0.3) is 10.9 Å². The number of para-hydroxylation sites is 1. The van der Waals surface area contributed by atoms with Crippen LogP contribution in [0.1, 0.15) is 30.9 Å². The Morgan fingerprint density at radius 2 is 2.15 bits per heavy atom. The third kappa shape index (κ3) is 3.26. The van der Waals surface area contributed by atoms with Gasteiger partial charge in [-0.1, -0.05) is 25.1 Å². The van der Waals surface area contributed by atoms with Crippen LogP contribution in [0.15, 0.2) is 29.1 Å². The third-order valence-corrected chi connectivity index (χ3v) is 3.36. The van der Waals surface area contributed by atoms with Gasteiger partial charge in [0.25, 0.3) is 5.56 Å². The van der Waals surface area contributed by atoms with Crippen LogP contribution in [0.4, 0.5) is 0 Å². The van der Waals surface area contributed by atoms with E-state index in [0.717, 1.165) is 22.9 Å². The van der Waals surface area contributed by atoms with E-state index in [-0.39, 0.29) is 11.5 Å². The van der Waals surface area contributed by atoms with Gasteiger partial charge in [0, 0.05) is 18.5 Å². The largest absolute Gasteiger partial charge is 0.356 e. The molecule has 1 amide bonds. The van der Waals surface area contributed by atoms with Crippen molar-refractivity contribution in [3.63, 3.8) is 0 Å². The predicted molar refractivity (Wildman–Crippen MR) is 80.9 cm³/mol. The molecule has 0 bridgehead atoms. The van der Waals surface area contributed by atoms with E-state index >= 15 is 0 Å². The molecule has 4 nitrogen and oxygen atoms in total. The van der Waals surface area contributed by atoms with E-state index < -0.39 is 0 Å². The summed E-state index contributed by atoms with van der Waals surface area (Å²) in [5.41, 5.74) is 2.58. The molecule has 0 fully saturated rings. The lowest BCUT2D eigenvalue weighted by atomic mass is 10.1. The van der Waals surface area contributed by atoms with Crippen molar-refractivity contribution < 1.29 is 4.79 Å². The standard InChI is InChI=1S/C16H20N2O2/c1-3-5-14(19)17-9-8-13-10-12-7-4-6-11(2)15(12)18-16(13)20/h4,6-7,10H,3,5,8-9H2,1-2H3,(H,17,19)(H,18,20). The maximum atomic E-state index is 12.0. The SMILES string of the molecule is CCCC(=O)NCCc1cc2cccc(C)c2[nH]c1=O. The lowest BCUT2D eigenvalue weighted by Crippen LogP contribution is -2.27. The molecule has 1 aromatic carbocycles. The van der Waals surface area contributed by atoms with E-state index in [1.165, 1.54) is 0 Å². The van der Waals surface area contributed by atoms with E-state index in [0.29, 0.717) is 24.9 Å². The van der Waals surface area contributed by atoms with Gasteiger partial charge in [0.2, 0.25) is 5.91 Å². The van der Waals surface area contributed by atoms with Gasteiger partial charge in [-0.25, -0.2) is 0 Å². The van der Waals surface area contributed by atoms with Gasteiger partial charge < -0.3 is 10.3 Å². The Balaban J connectivity index is 2.13. The average Bonchev–Trinajstić information content (AvgIpc) is 2.41. The van der Waals surface area contributed by atoms with E-state index in [1.54, 1.807) is 0 Å². The fraction of sp³-hybridized carbons (Fsp3) is 0.375. The molecule has 0 atom stereocenters. The summed E-state index contributed by atoms with van der Waals surface area (Å²) < 4.78 is 0. The zero-order chi connectivity index (χ0) is 14.5. The topological polar surface area (TPSA) is 62.0 Å². The number of fused-ring (bicyclic) bond motifs is 1. The van der Waals surface area contributed by atoms with Crippen molar-refractivity contribution in [2.75, 3.05) is 6.54 Å². The van der Waals surface area contributed by atoms with Crippen molar-refractivity contribution >= 4 is 16.8 Å². The number of pyridine rings is 1. The van der Waals surface area contributed by atoms with Crippen LogP contribution < -0.4 is 10.9 Å². The van der Waals surface area contributed by atoms with Gasteiger partial charge in [-0.2, -0.15) is 0 Å². The molecular weight excluding hydrogens is 252 g/mol. The molecule has 0 saturated heterocycles. The lowest BCUT2D eigenvalue weighted by molar-refractivity contribution is -0.121.